The van der Waals surface area contributed by atoms with Gasteiger partial charge in [-0.25, -0.2) is 9.59 Å². The van der Waals surface area contributed by atoms with E-state index in [0.29, 0.717) is 17.3 Å². The highest BCUT2D eigenvalue weighted by atomic mass is 35.5. The first-order valence-corrected chi connectivity index (χ1v) is 5.64. The topological polar surface area (TPSA) is 78.9 Å². The molecular formula is C11H11ClN2O4. The van der Waals surface area contributed by atoms with Gasteiger partial charge in [-0.1, -0.05) is 11.6 Å². The van der Waals surface area contributed by atoms with Crippen LogP contribution in [0.2, 0.25) is 5.02 Å². The summed E-state index contributed by atoms with van der Waals surface area (Å²) in [6.45, 7) is 0.381. The second-order valence-corrected chi connectivity index (χ2v) is 4.22. The summed E-state index contributed by atoms with van der Waals surface area (Å²) in [6, 6.07) is 6.76. The molecule has 18 heavy (non-hydrogen) atoms. The van der Waals surface area contributed by atoms with E-state index in [9.17, 15) is 9.59 Å². The van der Waals surface area contributed by atoms with Crippen molar-refractivity contribution in [2.75, 3.05) is 18.0 Å². The van der Waals surface area contributed by atoms with Crippen LogP contribution in [0.15, 0.2) is 24.3 Å². The fourth-order valence-electron chi connectivity index (χ4n) is 1.66. The largest absolute Gasteiger partial charge is 0.465 e. The van der Waals surface area contributed by atoms with E-state index in [2.05, 4.69) is 5.32 Å². The Bertz CT molecular complexity index is 463. The summed E-state index contributed by atoms with van der Waals surface area (Å²) >= 11 is 5.76. The van der Waals surface area contributed by atoms with Gasteiger partial charge in [0.2, 0.25) is 0 Å². The van der Waals surface area contributed by atoms with Gasteiger partial charge in [0.05, 0.1) is 13.1 Å². The lowest BCUT2D eigenvalue weighted by molar-refractivity contribution is 0.136. The Balaban J connectivity index is 2.00. The number of cyclic esters (lactones) is 1. The van der Waals surface area contributed by atoms with Crippen molar-refractivity contribution in [2.24, 2.45) is 0 Å². The van der Waals surface area contributed by atoms with Crippen LogP contribution in [0.5, 0.6) is 0 Å². The number of nitrogens with one attached hydrogen (secondary N) is 1. The van der Waals surface area contributed by atoms with E-state index >= 15 is 0 Å². The summed E-state index contributed by atoms with van der Waals surface area (Å²) in [6.07, 6.45) is -2.12. The zero-order valence-electron chi connectivity index (χ0n) is 9.30. The third-order valence-electron chi connectivity index (χ3n) is 2.49. The van der Waals surface area contributed by atoms with E-state index in [-0.39, 0.29) is 6.54 Å². The molecule has 1 saturated heterocycles. The van der Waals surface area contributed by atoms with Gasteiger partial charge in [0.1, 0.15) is 6.10 Å². The first-order valence-electron chi connectivity index (χ1n) is 5.27. The SMILES string of the molecule is O=C(O)NCC1CN(c2ccc(Cl)cc2)C(=O)O1. The van der Waals surface area contributed by atoms with Gasteiger partial charge < -0.3 is 15.2 Å². The first-order chi connectivity index (χ1) is 8.56. The van der Waals surface area contributed by atoms with Gasteiger partial charge in [-0.05, 0) is 24.3 Å². The molecule has 0 saturated carbocycles. The zero-order valence-corrected chi connectivity index (χ0v) is 10.1. The molecule has 0 radical (unpaired) electrons. The number of nitrogens with zero attached hydrogens (tertiary/aromatic N) is 1. The molecular weight excluding hydrogens is 260 g/mol. The van der Waals surface area contributed by atoms with Crippen LogP contribution in [-0.2, 0) is 4.74 Å². The van der Waals surface area contributed by atoms with Gasteiger partial charge in [0.15, 0.2) is 0 Å². The van der Waals surface area contributed by atoms with Gasteiger partial charge >= 0.3 is 12.2 Å². The molecule has 0 bridgehead atoms. The molecule has 0 spiro atoms. The Labute approximate surface area is 108 Å². The maximum absolute atomic E-state index is 11.6. The van der Waals surface area contributed by atoms with Crippen molar-refractivity contribution >= 4 is 29.5 Å². The highest BCUT2D eigenvalue weighted by molar-refractivity contribution is 6.30. The summed E-state index contributed by atoms with van der Waals surface area (Å²) in [5.74, 6) is 0. The average Bonchev–Trinajstić information content (AvgIpc) is 2.69. The molecule has 1 aliphatic heterocycles. The lowest BCUT2D eigenvalue weighted by Gasteiger charge is -2.12. The predicted molar refractivity (Wildman–Crippen MR) is 65.1 cm³/mol. The number of benzene rings is 1. The van der Waals surface area contributed by atoms with E-state index in [1.54, 1.807) is 24.3 Å². The summed E-state index contributed by atoms with van der Waals surface area (Å²) in [5, 5.41) is 11.2. The third-order valence-corrected chi connectivity index (χ3v) is 2.75. The van der Waals surface area contributed by atoms with E-state index in [1.165, 1.54) is 4.90 Å². The van der Waals surface area contributed by atoms with Crippen molar-refractivity contribution < 1.29 is 19.4 Å². The number of halogens is 1. The van der Waals surface area contributed by atoms with Crippen LogP contribution in [0, 0.1) is 0 Å². The minimum Gasteiger partial charge on any atom is -0.465 e. The average molecular weight is 271 g/mol. The number of hydrogen-bond acceptors (Lipinski definition) is 3. The predicted octanol–water partition coefficient (Wildman–Crippen LogP) is 1.93. The second kappa shape index (κ2) is 5.14. The van der Waals surface area contributed by atoms with Crippen LogP contribution in [0.3, 0.4) is 0 Å². The van der Waals surface area contributed by atoms with Crippen LogP contribution in [-0.4, -0.2) is 36.5 Å². The summed E-state index contributed by atoms with van der Waals surface area (Å²) in [4.78, 5) is 23.4. The lowest BCUT2D eigenvalue weighted by Crippen LogP contribution is -2.33. The first kappa shape index (κ1) is 12.5. The standard InChI is InChI=1S/C11H11ClN2O4/c12-7-1-3-8(4-2-7)14-6-9(18-11(14)17)5-13-10(15)16/h1-4,9,13H,5-6H2,(H,15,16). The van der Waals surface area contributed by atoms with Crippen molar-refractivity contribution in [1.29, 1.82) is 0 Å². The Morgan fingerprint density at radius 3 is 2.78 bits per heavy atom. The summed E-state index contributed by atoms with van der Waals surface area (Å²) in [7, 11) is 0. The van der Waals surface area contributed by atoms with E-state index in [1.807, 2.05) is 0 Å². The fourth-order valence-corrected chi connectivity index (χ4v) is 1.79. The van der Waals surface area contributed by atoms with Crippen molar-refractivity contribution in [3.8, 4) is 0 Å². The molecule has 1 heterocycles. The van der Waals surface area contributed by atoms with E-state index in [0.717, 1.165) is 0 Å². The van der Waals surface area contributed by atoms with Crippen LogP contribution in [0.25, 0.3) is 0 Å². The van der Waals surface area contributed by atoms with Crippen LogP contribution in [0.1, 0.15) is 0 Å². The Morgan fingerprint density at radius 2 is 2.17 bits per heavy atom. The number of anilines is 1. The third kappa shape index (κ3) is 2.84. The smallest absolute Gasteiger partial charge is 0.414 e. The number of carbonyl (C=O) groups excluding carboxylic acids is 1. The number of carboxylic acid groups (broad SMARTS) is 1. The minimum absolute atomic E-state index is 0.0746. The number of rotatable bonds is 3. The number of carbonyl (C=O) groups is 2. The highest BCUT2D eigenvalue weighted by Crippen LogP contribution is 2.23. The van der Waals surface area contributed by atoms with Crippen LogP contribution < -0.4 is 10.2 Å². The zero-order chi connectivity index (χ0) is 13.1. The van der Waals surface area contributed by atoms with Crippen molar-refractivity contribution in [1.82, 2.24) is 5.32 Å². The van der Waals surface area contributed by atoms with E-state index < -0.39 is 18.3 Å². The maximum Gasteiger partial charge on any atom is 0.414 e. The van der Waals surface area contributed by atoms with Crippen molar-refractivity contribution in [3.63, 3.8) is 0 Å². The molecule has 1 fully saturated rings. The highest BCUT2D eigenvalue weighted by Gasteiger charge is 2.32. The van der Waals surface area contributed by atoms with Crippen molar-refractivity contribution in [2.45, 2.75) is 6.10 Å². The molecule has 1 atom stereocenters. The Kier molecular flexibility index (Phi) is 3.57. The molecule has 7 heteroatoms. The molecule has 2 rings (SSSR count). The molecule has 2 amide bonds. The molecule has 2 N–H and O–H groups in total. The quantitative estimate of drug-likeness (QED) is 0.880. The maximum atomic E-state index is 11.6. The number of ether oxygens (including phenoxy) is 1. The van der Waals surface area contributed by atoms with Crippen molar-refractivity contribution in [3.05, 3.63) is 29.3 Å². The van der Waals surface area contributed by atoms with Crippen LogP contribution >= 0.6 is 11.6 Å². The molecule has 0 aliphatic carbocycles. The van der Waals surface area contributed by atoms with Gasteiger partial charge in [0.25, 0.3) is 0 Å². The normalized spacial score (nSPS) is 18.6. The monoisotopic (exact) mass is 270 g/mol. The number of hydrogen-bond donors (Lipinski definition) is 2. The molecule has 1 unspecified atom stereocenters. The Hall–Kier alpha value is -1.95. The molecule has 96 valence electrons. The summed E-state index contributed by atoms with van der Waals surface area (Å²) in [5.41, 5.74) is 0.669. The number of amides is 2. The lowest BCUT2D eigenvalue weighted by atomic mass is 10.2. The van der Waals surface area contributed by atoms with E-state index in [4.69, 9.17) is 21.4 Å². The molecule has 1 aromatic rings. The summed E-state index contributed by atoms with van der Waals surface area (Å²) < 4.78 is 5.04. The molecule has 1 aliphatic rings. The fraction of sp³-hybridized carbons (Fsp3) is 0.273. The van der Waals surface area contributed by atoms with Gasteiger partial charge in [-0.2, -0.15) is 0 Å². The van der Waals surface area contributed by atoms with Crippen LogP contribution in [0.4, 0.5) is 15.3 Å². The Morgan fingerprint density at radius 1 is 1.50 bits per heavy atom. The van der Waals surface area contributed by atoms with Gasteiger partial charge in [-0.3, -0.25) is 4.90 Å². The molecule has 1 aromatic carbocycles. The minimum atomic E-state index is -1.14. The second-order valence-electron chi connectivity index (χ2n) is 3.78. The molecule has 6 nitrogen and oxygen atoms in total. The van der Waals surface area contributed by atoms with Gasteiger partial charge in [0, 0.05) is 10.7 Å². The molecule has 0 aromatic heterocycles. The van der Waals surface area contributed by atoms with Gasteiger partial charge in [-0.15, -0.1) is 0 Å².